The highest BCUT2D eigenvalue weighted by molar-refractivity contribution is 6.33. The van der Waals surface area contributed by atoms with E-state index in [0.29, 0.717) is 41.4 Å². The zero-order valence-electron chi connectivity index (χ0n) is 21.2. The molecule has 1 amide bonds. The Morgan fingerprint density at radius 1 is 1.21 bits per heavy atom. The summed E-state index contributed by atoms with van der Waals surface area (Å²) in [7, 11) is 0. The van der Waals surface area contributed by atoms with Gasteiger partial charge in [0.1, 0.15) is 6.10 Å². The quantitative estimate of drug-likeness (QED) is 0.291. The van der Waals surface area contributed by atoms with E-state index >= 15 is 0 Å². The molecule has 0 saturated heterocycles. The van der Waals surface area contributed by atoms with E-state index in [4.69, 9.17) is 21.2 Å². The van der Waals surface area contributed by atoms with E-state index in [2.05, 4.69) is 11.2 Å². The summed E-state index contributed by atoms with van der Waals surface area (Å²) in [6.45, 7) is 12.7. The highest BCUT2D eigenvalue weighted by Gasteiger charge is 2.23. The van der Waals surface area contributed by atoms with Crippen LogP contribution in [-0.4, -0.2) is 48.3 Å². The second kappa shape index (κ2) is 13.3. The fourth-order valence-corrected chi connectivity index (χ4v) is 4.20. The Morgan fingerprint density at radius 2 is 1.91 bits per heavy atom. The second-order valence-electron chi connectivity index (χ2n) is 8.73. The Kier molecular flexibility index (Phi) is 10.8. The summed E-state index contributed by atoms with van der Waals surface area (Å²) in [5, 5.41) is 4.81. The van der Waals surface area contributed by atoms with Crippen molar-refractivity contribution < 1.29 is 19.2 Å². The lowest BCUT2D eigenvalue weighted by Crippen LogP contribution is -2.33. The first-order chi connectivity index (χ1) is 16.2. The molecule has 186 valence electrons. The first kappa shape index (κ1) is 27.6. The van der Waals surface area contributed by atoms with E-state index in [1.807, 2.05) is 59.8 Å². The van der Waals surface area contributed by atoms with Crippen molar-refractivity contribution in [2.24, 2.45) is 5.16 Å². The first-order valence-electron chi connectivity index (χ1n) is 12.0. The predicted molar refractivity (Wildman–Crippen MR) is 138 cm³/mol. The van der Waals surface area contributed by atoms with Gasteiger partial charge in [0.2, 0.25) is 0 Å². The molecule has 0 bridgehead atoms. The smallest absolute Gasteiger partial charge is 0.339 e. The predicted octanol–water partition coefficient (Wildman–Crippen LogP) is 5.97. The average molecular weight is 489 g/mol. The van der Waals surface area contributed by atoms with Gasteiger partial charge in [0.05, 0.1) is 11.3 Å². The number of rotatable bonds is 5. The number of oxime groups is 1. The van der Waals surface area contributed by atoms with Crippen LogP contribution in [-0.2, 0) is 20.8 Å². The van der Waals surface area contributed by atoms with Crippen molar-refractivity contribution in [3.05, 3.63) is 57.1 Å². The van der Waals surface area contributed by atoms with Crippen LogP contribution < -0.4 is 0 Å². The zero-order chi connectivity index (χ0) is 25.3. The van der Waals surface area contributed by atoms with Gasteiger partial charge in [0, 0.05) is 31.0 Å². The van der Waals surface area contributed by atoms with Gasteiger partial charge in [0.25, 0.3) is 5.91 Å². The Hall–Kier alpha value is -2.60. The number of likely N-dealkylation sites (N-methyl/N-ethyl adjacent to an activating group) is 1. The molecule has 0 N–H and O–H groups in total. The van der Waals surface area contributed by atoms with Gasteiger partial charge >= 0.3 is 5.97 Å². The van der Waals surface area contributed by atoms with E-state index in [1.54, 1.807) is 4.90 Å². The Morgan fingerprint density at radius 3 is 2.59 bits per heavy atom. The number of allylic oxidation sites excluding steroid dienone is 3. The molecule has 0 unspecified atom stereocenters. The van der Waals surface area contributed by atoms with E-state index < -0.39 is 5.97 Å². The number of fused-ring (bicyclic) bond motifs is 1. The molecule has 0 spiro atoms. The fourth-order valence-electron chi connectivity index (χ4n) is 3.99. The maximum Gasteiger partial charge on any atom is 0.339 e. The Labute approximate surface area is 208 Å². The van der Waals surface area contributed by atoms with Crippen molar-refractivity contribution >= 4 is 29.2 Å². The maximum atomic E-state index is 13.1. The van der Waals surface area contributed by atoms with Crippen LogP contribution in [0.5, 0.6) is 0 Å². The van der Waals surface area contributed by atoms with E-state index in [-0.39, 0.29) is 25.0 Å². The lowest BCUT2D eigenvalue weighted by atomic mass is 9.94. The Balaban J connectivity index is 2.49. The van der Waals surface area contributed by atoms with Crippen molar-refractivity contribution in [2.45, 2.75) is 73.3 Å². The maximum absolute atomic E-state index is 13.1. The molecule has 0 aromatic heterocycles. The molecule has 0 radical (unpaired) electrons. The molecule has 6 nitrogen and oxygen atoms in total. The number of cyclic esters (lactones) is 1. The van der Waals surface area contributed by atoms with Crippen LogP contribution in [0.4, 0.5) is 0 Å². The van der Waals surface area contributed by atoms with Gasteiger partial charge in [-0.05, 0) is 77.2 Å². The summed E-state index contributed by atoms with van der Waals surface area (Å²) in [6, 6.07) is 1.90. The molecule has 1 atom stereocenters. The summed E-state index contributed by atoms with van der Waals surface area (Å²) in [6.07, 6.45) is 8.51. The lowest BCUT2D eigenvalue weighted by molar-refractivity contribution is -0.135. The third kappa shape index (κ3) is 7.73. The molecule has 0 fully saturated rings. The second-order valence-corrected chi connectivity index (χ2v) is 9.11. The van der Waals surface area contributed by atoms with Gasteiger partial charge in [-0.25, -0.2) is 4.79 Å². The number of aryl methyl sites for hydroxylation is 2. The highest BCUT2D eigenvalue weighted by atomic mass is 35.5. The van der Waals surface area contributed by atoms with Crippen molar-refractivity contribution in [1.29, 1.82) is 0 Å². The average Bonchev–Trinajstić information content (AvgIpc) is 2.77. The number of nitrogens with zero attached hydrogens (tertiary/aromatic N) is 2. The van der Waals surface area contributed by atoms with E-state index in [9.17, 15) is 9.59 Å². The third-order valence-electron chi connectivity index (χ3n) is 5.85. The molecule has 2 rings (SSSR count). The number of carbonyl (C=O) groups is 2. The lowest BCUT2D eigenvalue weighted by Gasteiger charge is -2.19. The topological polar surface area (TPSA) is 68.2 Å². The zero-order valence-corrected chi connectivity index (χ0v) is 22.0. The number of carbonyl (C=O) groups excluding carboxylic acids is 2. The minimum atomic E-state index is -0.398. The monoisotopic (exact) mass is 488 g/mol. The van der Waals surface area contributed by atoms with Crippen molar-refractivity contribution in [2.75, 3.05) is 19.7 Å². The molecular weight excluding hydrogens is 452 g/mol. The third-order valence-corrected chi connectivity index (χ3v) is 6.38. The summed E-state index contributed by atoms with van der Waals surface area (Å²) in [5.41, 5.74) is 4.51. The minimum absolute atomic E-state index is 0.122. The van der Waals surface area contributed by atoms with E-state index in [0.717, 1.165) is 29.5 Å². The molecule has 1 aliphatic heterocycles. The molecule has 7 heteroatoms. The number of esters is 1. The summed E-state index contributed by atoms with van der Waals surface area (Å²) in [4.78, 5) is 32.6. The van der Waals surface area contributed by atoms with Gasteiger partial charge in [0.15, 0.2) is 6.61 Å². The van der Waals surface area contributed by atoms with Crippen molar-refractivity contribution in [3.8, 4) is 0 Å². The van der Waals surface area contributed by atoms with Crippen molar-refractivity contribution in [3.63, 3.8) is 0 Å². The van der Waals surface area contributed by atoms with E-state index in [1.165, 1.54) is 0 Å². The van der Waals surface area contributed by atoms with Crippen LogP contribution in [0, 0.1) is 13.8 Å². The van der Waals surface area contributed by atoms with Crippen LogP contribution in [0.25, 0.3) is 0 Å². The van der Waals surface area contributed by atoms with Crippen molar-refractivity contribution in [1.82, 2.24) is 4.90 Å². The number of ether oxygens (including phenoxy) is 1. The van der Waals surface area contributed by atoms with Gasteiger partial charge in [-0.15, -0.1) is 0 Å². The molecular formula is C27H37ClN2O4. The number of amides is 1. The highest BCUT2D eigenvalue weighted by Crippen LogP contribution is 2.30. The van der Waals surface area contributed by atoms with Crippen LogP contribution in [0.1, 0.15) is 74.0 Å². The molecule has 1 aliphatic rings. The number of benzene rings is 1. The number of halogens is 1. The largest absolute Gasteiger partial charge is 0.459 e. The Bertz CT molecular complexity index is 977. The molecule has 1 aromatic rings. The summed E-state index contributed by atoms with van der Waals surface area (Å²) >= 11 is 6.71. The molecule has 1 aromatic carbocycles. The van der Waals surface area contributed by atoms with Crippen LogP contribution >= 0.6 is 11.6 Å². The summed E-state index contributed by atoms with van der Waals surface area (Å²) in [5.74, 6) is -0.520. The number of hydrogen-bond donors (Lipinski definition) is 0. The van der Waals surface area contributed by atoms with Gasteiger partial charge in [-0.1, -0.05) is 40.5 Å². The first-order valence-corrected chi connectivity index (χ1v) is 12.3. The SMILES string of the molecule is CCN(CC)C(=O)CO/N=C1/C=C(\C)CC/C=C/C[C@@H](C)OC(=O)c2c(C)cc(C)c(Cl)c2C1. The van der Waals surface area contributed by atoms with Gasteiger partial charge < -0.3 is 14.5 Å². The molecule has 0 saturated carbocycles. The van der Waals surface area contributed by atoms with Crippen LogP contribution in [0.3, 0.4) is 0 Å². The molecule has 34 heavy (non-hydrogen) atoms. The van der Waals surface area contributed by atoms with Gasteiger partial charge in [-0.3, -0.25) is 4.79 Å². The summed E-state index contributed by atoms with van der Waals surface area (Å²) < 4.78 is 5.73. The molecule has 0 aliphatic carbocycles. The standard InChI is InChI=1S/C27H37ClN2O4/c1-7-30(8-2)24(31)17-33-29-22-14-18(3)12-10-9-11-13-21(6)34-27(32)25-19(4)15-20(5)26(28)23(25)16-22/h9,11,14-15,21H,7-8,10,12-13,16-17H2,1-6H3/b11-9+,18-14+,29-22-/t21-/m1/s1. The molecule has 1 heterocycles. The van der Waals surface area contributed by atoms with Crippen LogP contribution in [0.2, 0.25) is 5.02 Å². The number of hydrogen-bond acceptors (Lipinski definition) is 5. The fraction of sp³-hybridized carbons (Fsp3) is 0.519. The normalized spacial score (nSPS) is 21.0. The van der Waals surface area contributed by atoms with Gasteiger partial charge in [-0.2, -0.15) is 0 Å². The van der Waals surface area contributed by atoms with Crippen LogP contribution in [0.15, 0.2) is 35.0 Å². The minimum Gasteiger partial charge on any atom is -0.459 e.